The van der Waals surface area contributed by atoms with Gasteiger partial charge in [-0.3, -0.25) is 4.68 Å². The van der Waals surface area contributed by atoms with Crippen LogP contribution in [0.4, 0.5) is 0 Å². The van der Waals surface area contributed by atoms with Crippen LogP contribution >= 0.6 is 0 Å². The van der Waals surface area contributed by atoms with Crippen molar-refractivity contribution >= 4 is 0 Å². The average molecular weight is 222 g/mol. The predicted octanol–water partition coefficient (Wildman–Crippen LogP) is 1.48. The molecule has 1 saturated heterocycles. The molecular formula is C12H22N4. The van der Waals surface area contributed by atoms with Crippen molar-refractivity contribution < 1.29 is 0 Å². The Hall–Kier alpha value is -0.900. The Labute approximate surface area is 97.5 Å². The van der Waals surface area contributed by atoms with E-state index in [0.29, 0.717) is 11.8 Å². The number of aryl methyl sites for hydroxylation is 1. The lowest BCUT2D eigenvalue weighted by atomic mass is 9.99. The molecule has 0 aromatic carbocycles. The standard InChI is InChI=1S/C12H22N4/c1-9(2)7-11-14-12(16(3)15-11)10-5-4-6-13-8-10/h9-10,13H,4-8H2,1-3H3. The van der Waals surface area contributed by atoms with Gasteiger partial charge in [-0.1, -0.05) is 13.8 Å². The van der Waals surface area contributed by atoms with Crippen molar-refractivity contribution in [1.29, 1.82) is 0 Å². The van der Waals surface area contributed by atoms with Crippen molar-refractivity contribution in [2.24, 2.45) is 13.0 Å². The smallest absolute Gasteiger partial charge is 0.151 e. The van der Waals surface area contributed by atoms with E-state index in [2.05, 4.69) is 29.2 Å². The summed E-state index contributed by atoms with van der Waals surface area (Å²) in [7, 11) is 2.01. The molecule has 1 N–H and O–H groups in total. The monoisotopic (exact) mass is 222 g/mol. The quantitative estimate of drug-likeness (QED) is 0.842. The summed E-state index contributed by atoms with van der Waals surface area (Å²) in [6.07, 6.45) is 3.46. The van der Waals surface area contributed by atoms with Crippen LogP contribution in [0.25, 0.3) is 0 Å². The fourth-order valence-corrected chi connectivity index (χ4v) is 2.33. The maximum Gasteiger partial charge on any atom is 0.151 e. The van der Waals surface area contributed by atoms with E-state index in [1.165, 1.54) is 12.8 Å². The van der Waals surface area contributed by atoms with Crippen LogP contribution < -0.4 is 5.32 Å². The molecule has 2 rings (SSSR count). The van der Waals surface area contributed by atoms with Gasteiger partial charge in [-0.2, -0.15) is 5.10 Å². The fourth-order valence-electron chi connectivity index (χ4n) is 2.33. The molecule has 1 atom stereocenters. The highest BCUT2D eigenvalue weighted by molar-refractivity contribution is 5.02. The van der Waals surface area contributed by atoms with E-state index in [0.717, 1.165) is 31.2 Å². The maximum absolute atomic E-state index is 4.69. The molecule has 2 heterocycles. The third-order valence-electron chi connectivity index (χ3n) is 3.09. The molecule has 1 aliphatic heterocycles. The molecule has 0 saturated carbocycles. The summed E-state index contributed by atoms with van der Waals surface area (Å²) in [6, 6.07) is 0. The van der Waals surface area contributed by atoms with E-state index in [4.69, 9.17) is 0 Å². The van der Waals surface area contributed by atoms with Crippen LogP contribution in [0, 0.1) is 5.92 Å². The summed E-state index contributed by atoms with van der Waals surface area (Å²) in [5.41, 5.74) is 0. The lowest BCUT2D eigenvalue weighted by Crippen LogP contribution is -2.29. The highest BCUT2D eigenvalue weighted by atomic mass is 15.3. The first kappa shape index (κ1) is 11.6. The second-order valence-electron chi connectivity index (χ2n) is 5.15. The zero-order valence-corrected chi connectivity index (χ0v) is 10.5. The van der Waals surface area contributed by atoms with Crippen molar-refractivity contribution in [1.82, 2.24) is 20.1 Å². The van der Waals surface area contributed by atoms with Crippen molar-refractivity contribution in [3.05, 3.63) is 11.6 Å². The first-order valence-corrected chi connectivity index (χ1v) is 6.27. The van der Waals surface area contributed by atoms with Crippen LogP contribution in [0.3, 0.4) is 0 Å². The highest BCUT2D eigenvalue weighted by Gasteiger charge is 2.21. The van der Waals surface area contributed by atoms with Gasteiger partial charge in [0, 0.05) is 25.9 Å². The first-order valence-electron chi connectivity index (χ1n) is 6.27. The molecule has 0 amide bonds. The van der Waals surface area contributed by atoms with Crippen molar-refractivity contribution in [2.45, 2.75) is 39.0 Å². The van der Waals surface area contributed by atoms with Crippen molar-refractivity contribution in [3.8, 4) is 0 Å². The van der Waals surface area contributed by atoms with Gasteiger partial charge in [-0.15, -0.1) is 0 Å². The van der Waals surface area contributed by atoms with E-state index < -0.39 is 0 Å². The molecule has 1 fully saturated rings. The van der Waals surface area contributed by atoms with Crippen LogP contribution in [0.15, 0.2) is 0 Å². The normalized spacial score (nSPS) is 21.6. The molecule has 0 spiro atoms. The van der Waals surface area contributed by atoms with Crippen molar-refractivity contribution in [3.63, 3.8) is 0 Å². The van der Waals surface area contributed by atoms with E-state index in [1.54, 1.807) is 0 Å². The Morgan fingerprint density at radius 3 is 2.94 bits per heavy atom. The molecule has 1 unspecified atom stereocenters. The molecule has 1 aromatic rings. The molecule has 1 aliphatic rings. The van der Waals surface area contributed by atoms with Gasteiger partial charge in [0.1, 0.15) is 5.82 Å². The number of nitrogens with one attached hydrogen (secondary N) is 1. The summed E-state index contributed by atoms with van der Waals surface area (Å²) >= 11 is 0. The Morgan fingerprint density at radius 2 is 2.31 bits per heavy atom. The Bertz CT molecular complexity index is 337. The summed E-state index contributed by atoms with van der Waals surface area (Å²) in [6.45, 7) is 6.61. The summed E-state index contributed by atoms with van der Waals surface area (Å²) < 4.78 is 1.97. The highest BCUT2D eigenvalue weighted by Crippen LogP contribution is 2.21. The molecule has 16 heavy (non-hydrogen) atoms. The SMILES string of the molecule is CC(C)Cc1nc(C2CCCNC2)n(C)n1. The minimum atomic E-state index is 0.548. The summed E-state index contributed by atoms with van der Waals surface area (Å²) in [5, 5.41) is 7.93. The van der Waals surface area contributed by atoms with Gasteiger partial charge < -0.3 is 5.32 Å². The van der Waals surface area contributed by atoms with Crippen LogP contribution in [0.1, 0.15) is 44.3 Å². The maximum atomic E-state index is 4.69. The van der Waals surface area contributed by atoms with Gasteiger partial charge in [-0.25, -0.2) is 4.98 Å². The molecular weight excluding hydrogens is 200 g/mol. The molecule has 4 heteroatoms. The lowest BCUT2D eigenvalue weighted by Gasteiger charge is -2.21. The van der Waals surface area contributed by atoms with Crippen LogP contribution in [-0.4, -0.2) is 27.9 Å². The predicted molar refractivity (Wildman–Crippen MR) is 64.4 cm³/mol. The third kappa shape index (κ3) is 2.61. The second kappa shape index (κ2) is 4.95. The van der Waals surface area contributed by atoms with E-state index >= 15 is 0 Å². The summed E-state index contributed by atoms with van der Waals surface area (Å²) in [4.78, 5) is 4.69. The van der Waals surface area contributed by atoms with Gasteiger partial charge in [0.05, 0.1) is 0 Å². The van der Waals surface area contributed by atoms with Gasteiger partial charge in [0.2, 0.25) is 0 Å². The minimum Gasteiger partial charge on any atom is -0.316 e. The Balaban J connectivity index is 2.10. The number of aromatic nitrogens is 3. The topological polar surface area (TPSA) is 42.7 Å². The number of hydrogen-bond donors (Lipinski definition) is 1. The van der Waals surface area contributed by atoms with Gasteiger partial charge in [0.25, 0.3) is 0 Å². The van der Waals surface area contributed by atoms with Gasteiger partial charge >= 0.3 is 0 Å². The number of hydrogen-bond acceptors (Lipinski definition) is 3. The Kier molecular flexibility index (Phi) is 3.59. The largest absolute Gasteiger partial charge is 0.316 e. The van der Waals surface area contributed by atoms with Crippen LogP contribution in [-0.2, 0) is 13.5 Å². The number of nitrogens with zero attached hydrogens (tertiary/aromatic N) is 3. The zero-order chi connectivity index (χ0) is 11.5. The second-order valence-corrected chi connectivity index (χ2v) is 5.15. The van der Waals surface area contributed by atoms with Gasteiger partial charge in [-0.05, 0) is 25.3 Å². The molecule has 0 aliphatic carbocycles. The fraction of sp³-hybridized carbons (Fsp3) is 0.833. The molecule has 0 bridgehead atoms. The van der Waals surface area contributed by atoms with Crippen LogP contribution in [0.5, 0.6) is 0 Å². The molecule has 1 aromatic heterocycles. The average Bonchev–Trinajstić information content (AvgIpc) is 2.60. The molecule has 4 nitrogen and oxygen atoms in total. The third-order valence-corrected chi connectivity index (χ3v) is 3.09. The van der Waals surface area contributed by atoms with Gasteiger partial charge in [0.15, 0.2) is 5.82 Å². The Morgan fingerprint density at radius 1 is 1.50 bits per heavy atom. The number of rotatable bonds is 3. The lowest BCUT2D eigenvalue weighted by molar-refractivity contribution is 0.434. The molecule has 90 valence electrons. The van der Waals surface area contributed by atoms with Crippen LogP contribution in [0.2, 0.25) is 0 Å². The van der Waals surface area contributed by atoms with E-state index in [9.17, 15) is 0 Å². The summed E-state index contributed by atoms with van der Waals surface area (Å²) in [5.74, 6) is 3.33. The zero-order valence-electron chi connectivity index (χ0n) is 10.5. The van der Waals surface area contributed by atoms with E-state index in [1.807, 2.05) is 11.7 Å². The first-order chi connectivity index (χ1) is 7.66. The van der Waals surface area contributed by atoms with Crippen molar-refractivity contribution in [2.75, 3.05) is 13.1 Å². The number of piperidine rings is 1. The molecule has 0 radical (unpaired) electrons. The minimum absolute atomic E-state index is 0.548. The van der Waals surface area contributed by atoms with E-state index in [-0.39, 0.29) is 0 Å².